The molecule has 0 unspecified atom stereocenters. The maximum atomic E-state index is 14.4. The van der Waals surface area contributed by atoms with Gasteiger partial charge in [-0.2, -0.15) is 4.98 Å². The van der Waals surface area contributed by atoms with Gasteiger partial charge in [-0.3, -0.25) is 0 Å². The minimum atomic E-state index is -0.906. The van der Waals surface area contributed by atoms with E-state index in [1.54, 1.807) is 12.4 Å². The van der Waals surface area contributed by atoms with Crippen LogP contribution in [0.4, 0.5) is 22.1 Å². The number of aromatic nitrogens is 4. The average Bonchev–Trinajstić information content (AvgIpc) is 3.34. The molecular formula is C18H23FN8O. The van der Waals surface area contributed by atoms with Crippen molar-refractivity contribution < 1.29 is 9.13 Å². The molecule has 2 aromatic heterocycles. The van der Waals surface area contributed by atoms with E-state index in [9.17, 15) is 4.39 Å². The van der Waals surface area contributed by atoms with Crippen LogP contribution in [0, 0.1) is 0 Å². The van der Waals surface area contributed by atoms with Crippen molar-refractivity contribution >= 4 is 17.7 Å². The van der Waals surface area contributed by atoms with Gasteiger partial charge in [-0.1, -0.05) is 0 Å². The number of fused-ring (bicyclic) bond motifs is 1. The van der Waals surface area contributed by atoms with Gasteiger partial charge in [-0.25, -0.2) is 19.3 Å². The number of ether oxygens (including phenoxy) is 1. The zero-order valence-corrected chi connectivity index (χ0v) is 15.5. The molecule has 2 aromatic rings. The fourth-order valence-corrected chi connectivity index (χ4v) is 4.13. The van der Waals surface area contributed by atoms with Gasteiger partial charge in [0.2, 0.25) is 11.9 Å². The number of nitrogens with one attached hydrogen (secondary N) is 1. The van der Waals surface area contributed by atoms with Crippen molar-refractivity contribution in [3.8, 4) is 11.3 Å². The number of nitrogens with two attached hydrogens (primary N) is 1. The first-order valence-electron chi connectivity index (χ1n) is 9.63. The number of hydrogen-bond donors (Lipinski definition) is 2. The van der Waals surface area contributed by atoms with Crippen LogP contribution in [0.3, 0.4) is 0 Å². The number of halogens is 1. The molecule has 9 nitrogen and oxygen atoms in total. The summed E-state index contributed by atoms with van der Waals surface area (Å²) in [6, 6.07) is -0.204. The largest absolute Gasteiger partial charge is 0.378 e. The normalized spacial score (nSPS) is 24.6. The number of nitrogens with zero attached hydrogens (tertiary/aromatic N) is 6. The number of anilines is 3. The third-order valence-corrected chi connectivity index (χ3v) is 5.60. The van der Waals surface area contributed by atoms with E-state index in [0.29, 0.717) is 32.3 Å². The van der Waals surface area contributed by atoms with Crippen molar-refractivity contribution in [2.45, 2.75) is 18.6 Å². The lowest BCUT2D eigenvalue weighted by Gasteiger charge is -2.30. The Morgan fingerprint density at radius 2 is 1.89 bits per heavy atom. The number of morpholine rings is 1. The van der Waals surface area contributed by atoms with Crippen LogP contribution in [0.1, 0.15) is 5.56 Å². The minimum absolute atomic E-state index is 0.204. The summed E-state index contributed by atoms with van der Waals surface area (Å²) >= 11 is 0. The minimum Gasteiger partial charge on any atom is -0.378 e. The van der Waals surface area contributed by atoms with Gasteiger partial charge in [0.1, 0.15) is 12.0 Å². The van der Waals surface area contributed by atoms with Gasteiger partial charge in [0.15, 0.2) is 0 Å². The van der Waals surface area contributed by atoms with Crippen molar-refractivity contribution in [2.75, 3.05) is 61.5 Å². The molecule has 0 spiro atoms. The Kier molecular flexibility index (Phi) is 4.44. The zero-order chi connectivity index (χ0) is 19.1. The van der Waals surface area contributed by atoms with Crippen LogP contribution in [0.2, 0.25) is 0 Å². The molecule has 5 rings (SSSR count). The van der Waals surface area contributed by atoms with Gasteiger partial charge in [0.25, 0.3) is 0 Å². The predicted molar refractivity (Wildman–Crippen MR) is 103 cm³/mol. The van der Waals surface area contributed by atoms with Gasteiger partial charge in [-0.15, -0.1) is 0 Å². The SMILES string of the molecule is Nc1ncc(-c2nc(N3CCOCC3)nc3c2CCN3[C@@H]2CNC[C@H]2F)cn1. The van der Waals surface area contributed by atoms with Gasteiger partial charge in [0, 0.05) is 56.2 Å². The standard InChI is InChI=1S/C18H23FN8O/c19-13-9-21-10-14(13)27-2-1-12-15(11-7-22-17(20)23-8-11)24-18(25-16(12)27)26-3-5-28-6-4-26/h7-8,13-14,21H,1-6,9-10H2,(H2,20,22,23)/t13-,14-/m1/s1. The topological polar surface area (TPSA) is 105 Å². The first kappa shape index (κ1) is 17.5. The van der Waals surface area contributed by atoms with Crippen LogP contribution >= 0.6 is 0 Å². The van der Waals surface area contributed by atoms with E-state index in [1.165, 1.54) is 0 Å². The first-order chi connectivity index (χ1) is 13.7. The summed E-state index contributed by atoms with van der Waals surface area (Å²) in [5.74, 6) is 1.68. The molecule has 5 heterocycles. The van der Waals surface area contributed by atoms with Crippen molar-refractivity contribution in [3.05, 3.63) is 18.0 Å². The second-order valence-electron chi connectivity index (χ2n) is 7.29. The van der Waals surface area contributed by atoms with E-state index in [0.717, 1.165) is 48.7 Å². The Hall–Kier alpha value is -2.59. The van der Waals surface area contributed by atoms with Crippen molar-refractivity contribution in [2.24, 2.45) is 0 Å². The highest BCUT2D eigenvalue weighted by molar-refractivity contribution is 5.72. The summed E-state index contributed by atoms with van der Waals surface area (Å²) < 4.78 is 19.9. The third-order valence-electron chi connectivity index (χ3n) is 5.60. The fraction of sp³-hybridized carbons (Fsp3) is 0.556. The molecule has 2 saturated heterocycles. The molecular weight excluding hydrogens is 363 g/mol. The van der Waals surface area contributed by atoms with Crippen LogP contribution in [0.25, 0.3) is 11.3 Å². The highest BCUT2D eigenvalue weighted by Crippen LogP contribution is 2.37. The van der Waals surface area contributed by atoms with Gasteiger partial charge in [0.05, 0.1) is 24.9 Å². The predicted octanol–water partition coefficient (Wildman–Crippen LogP) is 0.0248. The average molecular weight is 386 g/mol. The number of nitrogen functional groups attached to an aromatic ring is 1. The number of alkyl halides is 1. The second-order valence-corrected chi connectivity index (χ2v) is 7.29. The molecule has 0 aromatic carbocycles. The Morgan fingerprint density at radius 3 is 2.61 bits per heavy atom. The molecule has 10 heteroatoms. The Labute approximate surface area is 162 Å². The summed E-state index contributed by atoms with van der Waals surface area (Å²) in [4.78, 5) is 22.2. The molecule has 3 aliphatic rings. The van der Waals surface area contributed by atoms with Crippen LogP contribution in [-0.2, 0) is 11.2 Å². The lowest BCUT2D eigenvalue weighted by molar-refractivity contribution is 0.122. The van der Waals surface area contributed by atoms with Crippen LogP contribution in [0.15, 0.2) is 12.4 Å². The molecule has 28 heavy (non-hydrogen) atoms. The lowest BCUT2D eigenvalue weighted by atomic mass is 10.1. The highest BCUT2D eigenvalue weighted by atomic mass is 19.1. The lowest BCUT2D eigenvalue weighted by Crippen LogP contribution is -2.42. The smallest absolute Gasteiger partial charge is 0.228 e. The molecule has 2 atom stereocenters. The van der Waals surface area contributed by atoms with Crippen molar-refractivity contribution in [1.82, 2.24) is 25.3 Å². The summed E-state index contributed by atoms with van der Waals surface area (Å²) in [5, 5.41) is 3.14. The molecule has 2 fully saturated rings. The van der Waals surface area contributed by atoms with Crippen molar-refractivity contribution in [1.29, 1.82) is 0 Å². The molecule has 3 aliphatic heterocycles. The number of hydrogen-bond acceptors (Lipinski definition) is 9. The quantitative estimate of drug-likeness (QED) is 0.755. The first-order valence-corrected chi connectivity index (χ1v) is 9.63. The van der Waals surface area contributed by atoms with Crippen LogP contribution in [-0.4, -0.2) is 78.1 Å². The third kappa shape index (κ3) is 3.02. The van der Waals surface area contributed by atoms with E-state index in [1.807, 2.05) is 0 Å². The maximum absolute atomic E-state index is 14.4. The highest BCUT2D eigenvalue weighted by Gasteiger charge is 2.38. The summed E-state index contributed by atoms with van der Waals surface area (Å²) in [5.41, 5.74) is 8.27. The zero-order valence-electron chi connectivity index (χ0n) is 15.5. The maximum Gasteiger partial charge on any atom is 0.228 e. The molecule has 0 bridgehead atoms. The number of rotatable bonds is 3. The summed E-state index contributed by atoms with van der Waals surface area (Å²) in [7, 11) is 0. The Balaban J connectivity index is 1.60. The van der Waals surface area contributed by atoms with Crippen LogP contribution in [0.5, 0.6) is 0 Å². The van der Waals surface area contributed by atoms with E-state index in [4.69, 9.17) is 20.4 Å². The summed E-state index contributed by atoms with van der Waals surface area (Å²) in [6.45, 7) is 4.48. The van der Waals surface area contributed by atoms with E-state index in [-0.39, 0.29) is 12.0 Å². The Bertz CT molecular complexity index is 857. The Morgan fingerprint density at radius 1 is 1.11 bits per heavy atom. The molecule has 0 radical (unpaired) electrons. The monoisotopic (exact) mass is 386 g/mol. The molecule has 0 aliphatic carbocycles. The van der Waals surface area contributed by atoms with E-state index in [2.05, 4.69) is 25.1 Å². The van der Waals surface area contributed by atoms with Gasteiger partial charge >= 0.3 is 0 Å². The molecule has 148 valence electrons. The second kappa shape index (κ2) is 7.10. The van der Waals surface area contributed by atoms with E-state index >= 15 is 0 Å². The molecule has 0 amide bonds. The molecule has 3 N–H and O–H groups in total. The van der Waals surface area contributed by atoms with Gasteiger partial charge < -0.3 is 25.6 Å². The van der Waals surface area contributed by atoms with E-state index < -0.39 is 6.17 Å². The van der Waals surface area contributed by atoms with Gasteiger partial charge in [-0.05, 0) is 6.42 Å². The molecule has 0 saturated carbocycles. The van der Waals surface area contributed by atoms with Crippen LogP contribution < -0.4 is 20.9 Å². The van der Waals surface area contributed by atoms with Crippen molar-refractivity contribution in [3.63, 3.8) is 0 Å². The summed E-state index contributed by atoms with van der Waals surface area (Å²) in [6.07, 6.45) is 3.23. The fourth-order valence-electron chi connectivity index (χ4n) is 4.13.